The Morgan fingerprint density at radius 3 is 2.38 bits per heavy atom. The SMILES string of the molecule is COc1ccc(CSc2cc(COC3CCCCO3)c(C(=O)C(F)(F)F)c(C(C)(C)C)c2)cc1. The molecule has 0 aliphatic carbocycles. The second-order valence-corrected chi connectivity index (χ2v) is 10.4. The molecule has 0 N–H and O–H groups in total. The molecule has 0 aromatic heterocycles. The molecule has 1 aliphatic heterocycles. The molecular weight excluding hydrogens is 465 g/mol. The van der Waals surface area contributed by atoms with Crippen LogP contribution in [0.1, 0.15) is 67.1 Å². The lowest BCUT2D eigenvalue weighted by Gasteiger charge is -2.27. The molecule has 2 aromatic rings. The van der Waals surface area contributed by atoms with Gasteiger partial charge in [0.05, 0.1) is 13.7 Å². The van der Waals surface area contributed by atoms with Crippen molar-refractivity contribution in [2.45, 2.75) is 75.2 Å². The average molecular weight is 497 g/mol. The molecule has 0 spiro atoms. The molecular formula is C26H31F3O4S. The van der Waals surface area contributed by atoms with E-state index in [0.29, 0.717) is 24.3 Å². The van der Waals surface area contributed by atoms with Crippen molar-refractivity contribution < 1.29 is 32.2 Å². The summed E-state index contributed by atoms with van der Waals surface area (Å²) in [4.78, 5) is 13.3. The van der Waals surface area contributed by atoms with Gasteiger partial charge in [0.15, 0.2) is 6.29 Å². The molecule has 1 aliphatic rings. The highest BCUT2D eigenvalue weighted by Crippen LogP contribution is 2.37. The lowest BCUT2D eigenvalue weighted by molar-refractivity contribution is -0.169. The molecule has 0 radical (unpaired) electrons. The zero-order chi connectivity index (χ0) is 24.9. The first-order chi connectivity index (χ1) is 16.0. The summed E-state index contributed by atoms with van der Waals surface area (Å²) in [6, 6.07) is 11.0. The summed E-state index contributed by atoms with van der Waals surface area (Å²) in [6.07, 6.45) is -2.90. The first-order valence-corrected chi connectivity index (χ1v) is 12.3. The monoisotopic (exact) mass is 496 g/mol. The van der Waals surface area contributed by atoms with Gasteiger partial charge in [-0.05, 0) is 65.6 Å². The van der Waals surface area contributed by atoms with Gasteiger partial charge in [-0.1, -0.05) is 32.9 Å². The maximum absolute atomic E-state index is 13.6. The molecule has 3 rings (SSSR count). The van der Waals surface area contributed by atoms with E-state index in [1.165, 1.54) is 11.8 Å². The van der Waals surface area contributed by atoms with E-state index in [-0.39, 0.29) is 17.7 Å². The van der Waals surface area contributed by atoms with Crippen molar-refractivity contribution in [2.75, 3.05) is 13.7 Å². The number of ether oxygens (including phenoxy) is 3. The van der Waals surface area contributed by atoms with Gasteiger partial charge in [0.2, 0.25) is 0 Å². The Morgan fingerprint density at radius 2 is 1.82 bits per heavy atom. The molecule has 1 fully saturated rings. The summed E-state index contributed by atoms with van der Waals surface area (Å²) in [5.41, 5.74) is 0.652. The molecule has 8 heteroatoms. The number of methoxy groups -OCH3 is 1. The molecule has 4 nitrogen and oxygen atoms in total. The first kappa shape index (κ1) is 26.6. The number of hydrogen-bond donors (Lipinski definition) is 0. The lowest BCUT2D eigenvalue weighted by atomic mass is 9.80. The van der Waals surface area contributed by atoms with Crippen LogP contribution in [-0.2, 0) is 27.2 Å². The van der Waals surface area contributed by atoms with E-state index in [9.17, 15) is 18.0 Å². The van der Waals surface area contributed by atoms with E-state index >= 15 is 0 Å². The number of carbonyl (C=O) groups excluding carboxylic acids is 1. The Morgan fingerprint density at radius 1 is 1.12 bits per heavy atom. The zero-order valence-corrected chi connectivity index (χ0v) is 20.8. The molecule has 0 amide bonds. The third-order valence-electron chi connectivity index (χ3n) is 5.61. The van der Waals surface area contributed by atoms with E-state index in [4.69, 9.17) is 14.2 Å². The average Bonchev–Trinajstić information content (AvgIpc) is 2.80. The molecule has 34 heavy (non-hydrogen) atoms. The fourth-order valence-corrected chi connectivity index (χ4v) is 4.74. The summed E-state index contributed by atoms with van der Waals surface area (Å²) in [6.45, 7) is 5.86. The van der Waals surface area contributed by atoms with E-state index in [2.05, 4.69) is 0 Å². The minimum atomic E-state index is -4.98. The highest BCUT2D eigenvalue weighted by molar-refractivity contribution is 7.98. The van der Waals surface area contributed by atoms with Crippen molar-refractivity contribution in [1.29, 1.82) is 0 Å². The number of Topliss-reactive ketones (excluding diaryl/α,β-unsaturated/α-hetero) is 1. The van der Waals surface area contributed by atoms with E-state index in [0.717, 1.165) is 29.1 Å². The summed E-state index contributed by atoms with van der Waals surface area (Å²) >= 11 is 1.50. The molecule has 0 saturated carbocycles. The van der Waals surface area contributed by atoms with Gasteiger partial charge in [-0.2, -0.15) is 13.2 Å². The van der Waals surface area contributed by atoms with E-state index in [1.807, 2.05) is 45.0 Å². The van der Waals surface area contributed by atoms with Crippen LogP contribution in [0.5, 0.6) is 5.75 Å². The Balaban J connectivity index is 1.95. The summed E-state index contributed by atoms with van der Waals surface area (Å²) in [5, 5.41) is 0. The Labute approximate surface area is 203 Å². The van der Waals surface area contributed by atoms with Crippen molar-refractivity contribution in [3.8, 4) is 5.75 Å². The molecule has 1 saturated heterocycles. The Bertz CT molecular complexity index is 975. The maximum Gasteiger partial charge on any atom is 0.454 e. The van der Waals surface area contributed by atoms with Crippen molar-refractivity contribution in [3.05, 3.63) is 58.7 Å². The molecule has 2 aromatic carbocycles. The zero-order valence-electron chi connectivity index (χ0n) is 20.0. The lowest BCUT2D eigenvalue weighted by Crippen LogP contribution is -2.29. The van der Waals surface area contributed by atoms with Crippen molar-refractivity contribution in [3.63, 3.8) is 0 Å². The van der Waals surface area contributed by atoms with Crippen LogP contribution in [0.25, 0.3) is 0 Å². The quantitative estimate of drug-likeness (QED) is 0.289. The van der Waals surface area contributed by atoms with Gasteiger partial charge in [0.1, 0.15) is 5.75 Å². The molecule has 1 atom stereocenters. The van der Waals surface area contributed by atoms with Crippen LogP contribution in [0.3, 0.4) is 0 Å². The van der Waals surface area contributed by atoms with Crippen molar-refractivity contribution >= 4 is 17.5 Å². The van der Waals surface area contributed by atoms with Crippen molar-refractivity contribution in [1.82, 2.24) is 0 Å². The second-order valence-electron chi connectivity index (χ2n) is 9.33. The highest BCUT2D eigenvalue weighted by atomic mass is 32.2. The molecule has 0 bridgehead atoms. The predicted octanol–water partition coefficient (Wildman–Crippen LogP) is 7.07. The number of thioether (sulfide) groups is 1. The fraction of sp³-hybridized carbons (Fsp3) is 0.500. The van der Waals surface area contributed by atoms with Crippen LogP contribution in [0.15, 0.2) is 41.3 Å². The first-order valence-electron chi connectivity index (χ1n) is 11.3. The maximum atomic E-state index is 13.6. The minimum Gasteiger partial charge on any atom is -0.497 e. The minimum absolute atomic E-state index is 0.123. The number of rotatable bonds is 8. The largest absolute Gasteiger partial charge is 0.497 e. The third kappa shape index (κ3) is 6.99. The molecule has 1 heterocycles. The van der Waals surface area contributed by atoms with Gasteiger partial charge in [-0.15, -0.1) is 11.8 Å². The van der Waals surface area contributed by atoms with Gasteiger partial charge >= 0.3 is 6.18 Å². The van der Waals surface area contributed by atoms with Crippen LogP contribution in [0, 0.1) is 0 Å². The summed E-state index contributed by atoms with van der Waals surface area (Å²) in [7, 11) is 1.60. The van der Waals surface area contributed by atoms with Crippen LogP contribution in [-0.4, -0.2) is 32.0 Å². The van der Waals surface area contributed by atoms with Gasteiger partial charge in [0, 0.05) is 22.8 Å². The molecule has 1 unspecified atom stereocenters. The number of ketones is 1. The van der Waals surface area contributed by atoms with Crippen LogP contribution in [0.2, 0.25) is 0 Å². The number of hydrogen-bond acceptors (Lipinski definition) is 5. The number of carbonyl (C=O) groups is 1. The van der Waals surface area contributed by atoms with Gasteiger partial charge < -0.3 is 14.2 Å². The van der Waals surface area contributed by atoms with Crippen LogP contribution < -0.4 is 4.74 Å². The van der Waals surface area contributed by atoms with Crippen molar-refractivity contribution in [2.24, 2.45) is 0 Å². The molecule has 186 valence electrons. The van der Waals surface area contributed by atoms with Crippen LogP contribution in [0.4, 0.5) is 13.2 Å². The third-order valence-corrected chi connectivity index (χ3v) is 6.66. The summed E-state index contributed by atoms with van der Waals surface area (Å²) < 4.78 is 57.3. The Kier molecular flexibility index (Phi) is 8.71. The predicted molar refractivity (Wildman–Crippen MR) is 126 cm³/mol. The number of halogens is 3. The van der Waals surface area contributed by atoms with E-state index in [1.54, 1.807) is 19.2 Å². The summed E-state index contributed by atoms with van der Waals surface area (Å²) in [5.74, 6) is -0.470. The second kappa shape index (κ2) is 11.1. The van der Waals surface area contributed by atoms with Gasteiger partial charge in [-0.3, -0.25) is 4.79 Å². The highest BCUT2D eigenvalue weighted by Gasteiger charge is 2.43. The number of alkyl halides is 3. The Hall–Kier alpha value is -2.03. The fourth-order valence-electron chi connectivity index (χ4n) is 3.79. The topological polar surface area (TPSA) is 44.8 Å². The normalized spacial score (nSPS) is 17.0. The standard InChI is InChI=1S/C26H31F3O4S/c1-25(2,3)21-14-20(34-16-17-8-10-19(31-4)11-9-17)13-18(23(21)24(30)26(27,28)29)15-33-22-7-5-6-12-32-22/h8-11,13-14,22H,5-7,12,15-16H2,1-4H3. The smallest absolute Gasteiger partial charge is 0.454 e. The van der Waals surface area contributed by atoms with E-state index < -0.39 is 23.7 Å². The van der Waals surface area contributed by atoms with Gasteiger partial charge in [0.25, 0.3) is 5.78 Å². The van der Waals surface area contributed by atoms with Crippen LogP contribution >= 0.6 is 11.8 Å². The number of benzene rings is 2. The van der Waals surface area contributed by atoms with Gasteiger partial charge in [-0.25, -0.2) is 0 Å².